The van der Waals surface area contributed by atoms with E-state index < -0.39 is 0 Å². The number of aromatic nitrogens is 1. The molecule has 0 aliphatic rings. The molecule has 4 heteroatoms. The van der Waals surface area contributed by atoms with Crippen LogP contribution in [0.2, 0.25) is 0 Å². The van der Waals surface area contributed by atoms with Crippen LogP contribution in [-0.2, 0) is 0 Å². The smallest absolute Gasteiger partial charge is 0.251 e. The third kappa shape index (κ3) is 3.67. The van der Waals surface area contributed by atoms with Gasteiger partial charge in [0.25, 0.3) is 5.91 Å². The van der Waals surface area contributed by atoms with E-state index in [0.717, 1.165) is 16.7 Å². The van der Waals surface area contributed by atoms with E-state index in [4.69, 9.17) is 5.73 Å². The van der Waals surface area contributed by atoms with E-state index in [-0.39, 0.29) is 11.9 Å². The van der Waals surface area contributed by atoms with Gasteiger partial charge in [0.2, 0.25) is 0 Å². The third-order valence-corrected chi connectivity index (χ3v) is 3.90. The number of amides is 1. The first-order valence-corrected chi connectivity index (χ1v) is 7.84. The number of rotatable bonds is 5. The van der Waals surface area contributed by atoms with Crippen molar-refractivity contribution in [3.8, 4) is 11.1 Å². The molecule has 1 atom stereocenters. The normalized spacial score (nSPS) is 11.7. The molecule has 3 rings (SSSR count). The summed E-state index contributed by atoms with van der Waals surface area (Å²) in [5.41, 5.74) is 9.54. The number of nitrogens with one attached hydrogen (secondary N) is 1. The minimum atomic E-state index is -0.196. The van der Waals surface area contributed by atoms with Gasteiger partial charge in [0.15, 0.2) is 0 Å². The Morgan fingerprint density at radius 1 is 0.917 bits per heavy atom. The molecule has 0 aliphatic carbocycles. The molecule has 0 unspecified atom stereocenters. The van der Waals surface area contributed by atoms with Crippen LogP contribution in [0.1, 0.15) is 22.0 Å². The first-order chi connectivity index (χ1) is 11.8. The maximum Gasteiger partial charge on any atom is 0.251 e. The Morgan fingerprint density at radius 3 is 2.17 bits per heavy atom. The minimum absolute atomic E-state index is 0.129. The van der Waals surface area contributed by atoms with E-state index >= 15 is 0 Å². The molecule has 0 saturated carbocycles. The summed E-state index contributed by atoms with van der Waals surface area (Å²) in [6, 6.07) is 20.9. The predicted octanol–water partition coefficient (Wildman–Crippen LogP) is 3.18. The van der Waals surface area contributed by atoms with E-state index in [0.29, 0.717) is 12.1 Å². The fourth-order valence-corrected chi connectivity index (χ4v) is 2.56. The van der Waals surface area contributed by atoms with Gasteiger partial charge in [-0.25, -0.2) is 0 Å². The van der Waals surface area contributed by atoms with Crippen LogP contribution < -0.4 is 11.1 Å². The fourth-order valence-electron chi connectivity index (χ4n) is 2.56. The lowest BCUT2D eigenvalue weighted by atomic mass is 10.0. The number of nitrogens with zero attached hydrogens (tertiary/aromatic N) is 1. The minimum Gasteiger partial charge on any atom is -0.344 e. The Hall–Kier alpha value is -2.98. The Morgan fingerprint density at radius 2 is 1.54 bits per heavy atom. The van der Waals surface area contributed by atoms with Crippen LogP contribution in [0.25, 0.3) is 11.1 Å². The first kappa shape index (κ1) is 15.9. The molecule has 0 bridgehead atoms. The number of benzene rings is 2. The van der Waals surface area contributed by atoms with Gasteiger partial charge >= 0.3 is 0 Å². The Bertz CT molecular complexity index is 786. The van der Waals surface area contributed by atoms with Crippen molar-refractivity contribution in [3.05, 3.63) is 90.3 Å². The van der Waals surface area contributed by atoms with Crippen molar-refractivity contribution in [3.63, 3.8) is 0 Å². The summed E-state index contributed by atoms with van der Waals surface area (Å²) in [5.74, 6) is -0.129. The average molecular weight is 317 g/mol. The first-order valence-electron chi connectivity index (χ1n) is 7.84. The number of hydrogen-bond acceptors (Lipinski definition) is 3. The van der Waals surface area contributed by atoms with Gasteiger partial charge in [0.05, 0.1) is 6.04 Å². The van der Waals surface area contributed by atoms with Crippen molar-refractivity contribution < 1.29 is 4.79 Å². The highest BCUT2D eigenvalue weighted by Gasteiger charge is 2.14. The average Bonchev–Trinajstić information content (AvgIpc) is 2.67. The van der Waals surface area contributed by atoms with Crippen LogP contribution in [0.5, 0.6) is 0 Å². The van der Waals surface area contributed by atoms with Gasteiger partial charge in [0, 0.05) is 24.5 Å². The topological polar surface area (TPSA) is 68.0 Å². The van der Waals surface area contributed by atoms with Crippen molar-refractivity contribution in [2.24, 2.45) is 5.73 Å². The van der Waals surface area contributed by atoms with Gasteiger partial charge in [0.1, 0.15) is 0 Å². The second kappa shape index (κ2) is 7.53. The summed E-state index contributed by atoms with van der Waals surface area (Å²) in [4.78, 5) is 16.5. The molecule has 1 amide bonds. The molecule has 0 saturated heterocycles. The lowest BCUT2D eigenvalue weighted by molar-refractivity contribution is 0.0938. The molecule has 3 aromatic rings. The largest absolute Gasteiger partial charge is 0.344 e. The Labute approximate surface area is 141 Å². The van der Waals surface area contributed by atoms with Crippen LogP contribution in [0.4, 0.5) is 0 Å². The lowest BCUT2D eigenvalue weighted by Crippen LogP contribution is -2.33. The number of carbonyl (C=O) groups is 1. The number of carbonyl (C=O) groups excluding carboxylic acids is 1. The summed E-state index contributed by atoms with van der Waals surface area (Å²) in [6.45, 7) is 0.352. The summed E-state index contributed by atoms with van der Waals surface area (Å²) >= 11 is 0. The van der Waals surface area contributed by atoms with Crippen molar-refractivity contribution in [1.29, 1.82) is 0 Å². The van der Waals surface area contributed by atoms with Gasteiger partial charge in [-0.15, -0.1) is 0 Å². The van der Waals surface area contributed by atoms with Gasteiger partial charge in [-0.3, -0.25) is 9.78 Å². The third-order valence-electron chi connectivity index (χ3n) is 3.90. The second-order valence-electron chi connectivity index (χ2n) is 5.49. The molecule has 0 fully saturated rings. The highest BCUT2D eigenvalue weighted by atomic mass is 16.1. The van der Waals surface area contributed by atoms with Gasteiger partial charge in [-0.2, -0.15) is 0 Å². The molecule has 0 aliphatic heterocycles. The quantitative estimate of drug-likeness (QED) is 0.759. The van der Waals surface area contributed by atoms with Crippen LogP contribution in [0, 0.1) is 0 Å². The summed E-state index contributed by atoms with van der Waals surface area (Å²) in [7, 11) is 0. The molecule has 0 spiro atoms. The monoisotopic (exact) mass is 317 g/mol. The molecular weight excluding hydrogens is 298 g/mol. The molecule has 3 N–H and O–H groups in total. The zero-order valence-electron chi connectivity index (χ0n) is 13.2. The molecular formula is C20H19N3O. The zero-order valence-corrected chi connectivity index (χ0v) is 13.2. The lowest BCUT2D eigenvalue weighted by Gasteiger charge is -2.17. The number of pyridine rings is 1. The SMILES string of the molecule is NC[C@@H](NC(=O)c1ccc(-c2ccncc2)cc1)c1ccccc1. The molecule has 4 nitrogen and oxygen atoms in total. The van der Waals surface area contributed by atoms with Crippen molar-refractivity contribution in [1.82, 2.24) is 10.3 Å². The highest BCUT2D eigenvalue weighted by molar-refractivity contribution is 5.95. The van der Waals surface area contributed by atoms with E-state index in [1.54, 1.807) is 12.4 Å². The summed E-state index contributed by atoms with van der Waals surface area (Å²) in [6.07, 6.45) is 3.50. The zero-order chi connectivity index (χ0) is 16.8. The van der Waals surface area contributed by atoms with E-state index in [9.17, 15) is 4.79 Å². The molecule has 2 aromatic carbocycles. The molecule has 1 heterocycles. The van der Waals surface area contributed by atoms with Crippen LogP contribution in [0.3, 0.4) is 0 Å². The number of nitrogens with two attached hydrogens (primary N) is 1. The van der Waals surface area contributed by atoms with Gasteiger partial charge < -0.3 is 11.1 Å². The van der Waals surface area contributed by atoms with Gasteiger partial charge in [-0.1, -0.05) is 42.5 Å². The van der Waals surface area contributed by atoms with Crippen molar-refractivity contribution >= 4 is 5.91 Å². The molecule has 120 valence electrons. The van der Waals surface area contributed by atoms with E-state index in [1.165, 1.54) is 0 Å². The van der Waals surface area contributed by atoms with Crippen molar-refractivity contribution in [2.45, 2.75) is 6.04 Å². The second-order valence-corrected chi connectivity index (χ2v) is 5.49. The van der Waals surface area contributed by atoms with Gasteiger partial charge in [-0.05, 0) is 41.0 Å². The Kier molecular flexibility index (Phi) is 4.99. The van der Waals surface area contributed by atoms with Crippen molar-refractivity contribution in [2.75, 3.05) is 6.54 Å². The number of hydrogen-bond donors (Lipinski definition) is 2. The molecule has 1 aromatic heterocycles. The summed E-state index contributed by atoms with van der Waals surface area (Å²) in [5, 5.41) is 2.98. The molecule has 24 heavy (non-hydrogen) atoms. The Balaban J connectivity index is 1.73. The standard InChI is InChI=1S/C20H19N3O/c21-14-19(17-4-2-1-3-5-17)23-20(24)18-8-6-15(7-9-18)16-10-12-22-13-11-16/h1-13,19H,14,21H2,(H,23,24)/t19-/m1/s1. The van der Waals surface area contributed by atoms with Crippen LogP contribution in [-0.4, -0.2) is 17.4 Å². The predicted molar refractivity (Wildman–Crippen MR) is 95.4 cm³/mol. The fraction of sp³-hybridized carbons (Fsp3) is 0.100. The van der Waals surface area contributed by atoms with Crippen LogP contribution in [0.15, 0.2) is 79.1 Å². The van der Waals surface area contributed by atoms with E-state index in [1.807, 2.05) is 66.7 Å². The van der Waals surface area contributed by atoms with Crippen LogP contribution >= 0.6 is 0 Å². The maximum absolute atomic E-state index is 12.5. The highest BCUT2D eigenvalue weighted by Crippen LogP contribution is 2.19. The summed E-state index contributed by atoms with van der Waals surface area (Å²) < 4.78 is 0. The maximum atomic E-state index is 12.5. The van der Waals surface area contributed by atoms with E-state index in [2.05, 4.69) is 10.3 Å². The molecule has 0 radical (unpaired) electrons.